The molecule has 0 spiro atoms. The summed E-state index contributed by atoms with van der Waals surface area (Å²) in [5.74, 6) is 1.02. The van der Waals surface area contributed by atoms with Gasteiger partial charge in [-0.05, 0) is 32.1 Å². The Labute approximate surface area is 104 Å². The lowest BCUT2D eigenvalue weighted by atomic mass is 9.77. The minimum absolute atomic E-state index is 0.130. The van der Waals surface area contributed by atoms with Crippen LogP contribution in [0, 0.1) is 17.8 Å². The van der Waals surface area contributed by atoms with Gasteiger partial charge in [-0.15, -0.1) is 0 Å². The van der Waals surface area contributed by atoms with E-state index >= 15 is 0 Å². The van der Waals surface area contributed by atoms with Crippen molar-refractivity contribution in [2.24, 2.45) is 17.8 Å². The standard InChI is InChI=1S/C14H25NO2/c1-4-9-15-14(17)12-7-5-11(6-8-12)13(16)10(2)3/h10-12H,4-9H2,1-3H3,(H,15,17). The third kappa shape index (κ3) is 4.14. The van der Waals surface area contributed by atoms with Crippen LogP contribution in [0.1, 0.15) is 52.9 Å². The number of ketones is 1. The average Bonchev–Trinajstić information content (AvgIpc) is 2.35. The molecule has 0 aromatic heterocycles. The molecule has 0 aromatic carbocycles. The quantitative estimate of drug-likeness (QED) is 0.801. The van der Waals surface area contributed by atoms with Crippen molar-refractivity contribution < 1.29 is 9.59 Å². The van der Waals surface area contributed by atoms with Crippen molar-refractivity contribution in [3.63, 3.8) is 0 Å². The van der Waals surface area contributed by atoms with E-state index in [4.69, 9.17) is 0 Å². The molecule has 0 radical (unpaired) electrons. The number of Topliss-reactive ketones (excluding diaryl/α,β-unsaturated/α-hetero) is 1. The number of carbonyl (C=O) groups excluding carboxylic acids is 2. The zero-order valence-corrected chi connectivity index (χ0v) is 11.3. The molecule has 3 heteroatoms. The zero-order valence-electron chi connectivity index (χ0n) is 11.3. The van der Waals surface area contributed by atoms with Crippen molar-refractivity contribution in [3.05, 3.63) is 0 Å². The summed E-state index contributed by atoms with van der Waals surface area (Å²) >= 11 is 0. The van der Waals surface area contributed by atoms with Crippen molar-refractivity contribution in [3.8, 4) is 0 Å². The normalized spacial score (nSPS) is 24.7. The first-order valence-corrected chi connectivity index (χ1v) is 6.87. The number of hydrogen-bond acceptors (Lipinski definition) is 2. The monoisotopic (exact) mass is 239 g/mol. The highest BCUT2D eigenvalue weighted by Crippen LogP contribution is 2.30. The van der Waals surface area contributed by atoms with Crippen molar-refractivity contribution in [1.29, 1.82) is 0 Å². The van der Waals surface area contributed by atoms with Gasteiger partial charge in [0.25, 0.3) is 0 Å². The van der Waals surface area contributed by atoms with Crippen LogP contribution in [0.5, 0.6) is 0 Å². The van der Waals surface area contributed by atoms with Crippen LogP contribution in [-0.2, 0) is 9.59 Å². The average molecular weight is 239 g/mol. The lowest BCUT2D eigenvalue weighted by molar-refractivity contribution is -0.130. The molecule has 0 unspecified atom stereocenters. The molecule has 3 nitrogen and oxygen atoms in total. The fraction of sp³-hybridized carbons (Fsp3) is 0.857. The molecule has 1 fully saturated rings. The fourth-order valence-electron chi connectivity index (χ4n) is 2.50. The van der Waals surface area contributed by atoms with Gasteiger partial charge in [0.1, 0.15) is 5.78 Å². The van der Waals surface area contributed by atoms with Gasteiger partial charge in [-0.3, -0.25) is 9.59 Å². The van der Waals surface area contributed by atoms with Gasteiger partial charge in [0.2, 0.25) is 5.91 Å². The summed E-state index contributed by atoms with van der Waals surface area (Å²) in [6, 6.07) is 0. The smallest absolute Gasteiger partial charge is 0.223 e. The number of amides is 1. The van der Waals surface area contributed by atoms with Crippen molar-refractivity contribution in [2.75, 3.05) is 6.54 Å². The van der Waals surface area contributed by atoms with Crippen LogP contribution in [0.25, 0.3) is 0 Å². The molecule has 1 N–H and O–H groups in total. The maximum atomic E-state index is 11.8. The Kier molecular flexibility index (Phi) is 5.66. The second-order valence-corrected chi connectivity index (χ2v) is 5.40. The van der Waals surface area contributed by atoms with Gasteiger partial charge in [0.05, 0.1) is 0 Å². The second kappa shape index (κ2) is 6.77. The van der Waals surface area contributed by atoms with Crippen molar-refractivity contribution >= 4 is 11.7 Å². The van der Waals surface area contributed by atoms with E-state index in [0.717, 1.165) is 38.6 Å². The Balaban J connectivity index is 2.35. The zero-order chi connectivity index (χ0) is 12.8. The fourth-order valence-corrected chi connectivity index (χ4v) is 2.50. The first-order valence-electron chi connectivity index (χ1n) is 6.87. The number of carbonyl (C=O) groups is 2. The van der Waals surface area contributed by atoms with Crippen LogP contribution in [0.3, 0.4) is 0 Å². The van der Waals surface area contributed by atoms with Gasteiger partial charge in [-0.2, -0.15) is 0 Å². The maximum absolute atomic E-state index is 11.8. The lowest BCUT2D eigenvalue weighted by Crippen LogP contribution is -2.35. The molecule has 98 valence electrons. The highest BCUT2D eigenvalue weighted by Gasteiger charge is 2.30. The van der Waals surface area contributed by atoms with Crippen LogP contribution in [-0.4, -0.2) is 18.2 Å². The molecular weight excluding hydrogens is 214 g/mol. The van der Waals surface area contributed by atoms with Crippen LogP contribution < -0.4 is 5.32 Å². The number of rotatable bonds is 5. The van der Waals surface area contributed by atoms with E-state index in [1.807, 2.05) is 13.8 Å². The van der Waals surface area contributed by atoms with E-state index in [1.165, 1.54) is 0 Å². The third-order valence-corrected chi connectivity index (χ3v) is 3.62. The van der Waals surface area contributed by atoms with E-state index < -0.39 is 0 Å². The first-order chi connectivity index (χ1) is 8.06. The molecule has 1 amide bonds. The van der Waals surface area contributed by atoms with Crippen LogP contribution in [0.15, 0.2) is 0 Å². The number of hydrogen-bond donors (Lipinski definition) is 1. The molecule has 1 aliphatic carbocycles. The van der Waals surface area contributed by atoms with Crippen molar-refractivity contribution in [2.45, 2.75) is 52.9 Å². The summed E-state index contributed by atoms with van der Waals surface area (Å²) in [5, 5.41) is 2.95. The molecule has 0 bridgehead atoms. The molecule has 1 saturated carbocycles. The van der Waals surface area contributed by atoms with Gasteiger partial charge >= 0.3 is 0 Å². The molecule has 17 heavy (non-hydrogen) atoms. The highest BCUT2D eigenvalue weighted by molar-refractivity contribution is 5.83. The Hall–Kier alpha value is -0.860. The van der Waals surface area contributed by atoms with E-state index in [9.17, 15) is 9.59 Å². The molecule has 1 aliphatic rings. The minimum Gasteiger partial charge on any atom is -0.356 e. The SMILES string of the molecule is CCCNC(=O)C1CCC(C(=O)C(C)C)CC1. The topological polar surface area (TPSA) is 46.2 Å². The summed E-state index contributed by atoms with van der Waals surface area (Å²) in [6.45, 7) is 6.74. The summed E-state index contributed by atoms with van der Waals surface area (Å²) < 4.78 is 0. The number of nitrogens with one attached hydrogen (secondary N) is 1. The molecule has 0 aliphatic heterocycles. The molecule has 0 saturated heterocycles. The van der Waals surface area contributed by atoms with Gasteiger partial charge < -0.3 is 5.32 Å². The summed E-state index contributed by atoms with van der Waals surface area (Å²) in [6.07, 6.45) is 4.51. The predicted molar refractivity (Wildman–Crippen MR) is 68.6 cm³/mol. The second-order valence-electron chi connectivity index (χ2n) is 5.40. The van der Waals surface area contributed by atoms with Gasteiger partial charge in [0, 0.05) is 24.3 Å². The van der Waals surface area contributed by atoms with Crippen LogP contribution in [0.2, 0.25) is 0 Å². The van der Waals surface area contributed by atoms with Crippen molar-refractivity contribution in [1.82, 2.24) is 5.32 Å². The van der Waals surface area contributed by atoms with Gasteiger partial charge in [0.15, 0.2) is 0 Å². The molecular formula is C14H25NO2. The maximum Gasteiger partial charge on any atom is 0.223 e. The van der Waals surface area contributed by atoms with Gasteiger partial charge in [-0.1, -0.05) is 20.8 Å². The van der Waals surface area contributed by atoms with Crippen LogP contribution >= 0.6 is 0 Å². The third-order valence-electron chi connectivity index (χ3n) is 3.62. The van der Waals surface area contributed by atoms with E-state index in [1.54, 1.807) is 0 Å². The Morgan fingerprint density at radius 3 is 2.12 bits per heavy atom. The van der Waals surface area contributed by atoms with Gasteiger partial charge in [-0.25, -0.2) is 0 Å². The predicted octanol–water partition coefficient (Wildman–Crippen LogP) is 2.54. The Morgan fingerprint density at radius 2 is 1.65 bits per heavy atom. The molecule has 0 heterocycles. The molecule has 1 rings (SSSR count). The molecule has 0 aromatic rings. The summed E-state index contributed by atoms with van der Waals surface area (Å²) in [5.41, 5.74) is 0. The lowest BCUT2D eigenvalue weighted by Gasteiger charge is -2.27. The first kappa shape index (κ1) is 14.2. The Morgan fingerprint density at radius 1 is 1.12 bits per heavy atom. The summed E-state index contributed by atoms with van der Waals surface area (Å²) in [7, 11) is 0. The van der Waals surface area contributed by atoms with Crippen LogP contribution in [0.4, 0.5) is 0 Å². The largest absolute Gasteiger partial charge is 0.356 e. The Bertz CT molecular complexity index is 265. The molecule has 0 atom stereocenters. The summed E-state index contributed by atoms with van der Waals surface area (Å²) in [4.78, 5) is 23.6. The van der Waals surface area contributed by atoms with E-state index in [-0.39, 0.29) is 23.7 Å². The highest BCUT2D eigenvalue weighted by atomic mass is 16.2. The van der Waals surface area contributed by atoms with E-state index in [2.05, 4.69) is 12.2 Å². The minimum atomic E-state index is 0.130. The van der Waals surface area contributed by atoms with E-state index in [0.29, 0.717) is 5.78 Å².